The quantitative estimate of drug-likeness (QED) is 0.528. The summed E-state index contributed by atoms with van der Waals surface area (Å²) in [6.07, 6.45) is 0. The van der Waals surface area contributed by atoms with E-state index in [1.807, 2.05) is 0 Å². The number of anilines is 2. The van der Waals surface area contributed by atoms with E-state index in [9.17, 15) is 19.2 Å². The van der Waals surface area contributed by atoms with Crippen LogP contribution in [0.15, 0.2) is 60.7 Å². The standard InChI is InChI=1S/C21H14N2O5S/c1-28-21(27)17-10-9-16(29-17)18(24)22-12-5-4-6-13(11-12)23-19(25)14-7-2-3-8-15(14)20(23)26/h2-11H,1H3,(H,22,24). The van der Waals surface area contributed by atoms with E-state index in [0.29, 0.717) is 32.3 Å². The van der Waals surface area contributed by atoms with Gasteiger partial charge in [0, 0.05) is 5.69 Å². The molecule has 0 fully saturated rings. The first kappa shape index (κ1) is 18.6. The van der Waals surface area contributed by atoms with Gasteiger partial charge in [-0.2, -0.15) is 0 Å². The van der Waals surface area contributed by atoms with Gasteiger partial charge in [0.1, 0.15) is 4.88 Å². The van der Waals surface area contributed by atoms with Crippen LogP contribution in [0.4, 0.5) is 11.4 Å². The summed E-state index contributed by atoms with van der Waals surface area (Å²) in [6.45, 7) is 0. The molecule has 1 aliphatic heterocycles. The van der Waals surface area contributed by atoms with Crippen LogP contribution in [0.3, 0.4) is 0 Å². The van der Waals surface area contributed by atoms with Crippen LogP contribution in [0.1, 0.15) is 40.1 Å². The lowest BCUT2D eigenvalue weighted by atomic mass is 10.1. The summed E-state index contributed by atoms with van der Waals surface area (Å²) in [4.78, 5) is 51.0. The van der Waals surface area contributed by atoms with Crippen molar-refractivity contribution in [1.29, 1.82) is 0 Å². The minimum Gasteiger partial charge on any atom is -0.465 e. The predicted molar refractivity (Wildman–Crippen MR) is 108 cm³/mol. The van der Waals surface area contributed by atoms with Gasteiger partial charge in [-0.05, 0) is 42.5 Å². The van der Waals surface area contributed by atoms with E-state index < -0.39 is 23.7 Å². The number of nitrogens with one attached hydrogen (secondary N) is 1. The third-order valence-corrected chi connectivity index (χ3v) is 5.44. The third-order valence-electron chi connectivity index (χ3n) is 4.37. The van der Waals surface area contributed by atoms with Crippen molar-refractivity contribution in [2.24, 2.45) is 0 Å². The molecule has 0 spiro atoms. The van der Waals surface area contributed by atoms with Crippen LogP contribution >= 0.6 is 11.3 Å². The van der Waals surface area contributed by atoms with Crippen LogP contribution in [0.5, 0.6) is 0 Å². The molecule has 2 heterocycles. The maximum atomic E-state index is 12.6. The molecule has 0 atom stereocenters. The Morgan fingerprint density at radius 3 is 2.21 bits per heavy atom. The number of carbonyl (C=O) groups is 4. The summed E-state index contributed by atoms with van der Waals surface area (Å²) in [5, 5.41) is 2.71. The van der Waals surface area contributed by atoms with E-state index in [1.54, 1.807) is 48.5 Å². The number of nitrogens with zero attached hydrogens (tertiary/aromatic N) is 1. The highest BCUT2D eigenvalue weighted by Crippen LogP contribution is 2.30. The monoisotopic (exact) mass is 406 g/mol. The van der Waals surface area contributed by atoms with Crippen LogP contribution in [0.25, 0.3) is 0 Å². The molecule has 0 bridgehead atoms. The maximum Gasteiger partial charge on any atom is 0.348 e. The van der Waals surface area contributed by atoms with Crippen LogP contribution in [-0.4, -0.2) is 30.8 Å². The molecule has 1 aliphatic rings. The molecule has 0 saturated heterocycles. The number of esters is 1. The fourth-order valence-electron chi connectivity index (χ4n) is 3.01. The van der Waals surface area contributed by atoms with E-state index >= 15 is 0 Å². The normalized spacial score (nSPS) is 12.7. The Labute approximate surface area is 169 Å². The average molecular weight is 406 g/mol. The zero-order valence-corrected chi connectivity index (χ0v) is 16.0. The summed E-state index contributed by atoms with van der Waals surface area (Å²) in [5.41, 5.74) is 1.47. The van der Waals surface area contributed by atoms with Crippen molar-refractivity contribution in [2.45, 2.75) is 0 Å². The van der Waals surface area contributed by atoms with Crippen molar-refractivity contribution in [3.8, 4) is 0 Å². The van der Waals surface area contributed by atoms with Gasteiger partial charge in [-0.25, -0.2) is 9.69 Å². The molecular formula is C21H14N2O5S. The number of ether oxygens (including phenoxy) is 1. The first-order valence-corrected chi connectivity index (χ1v) is 9.38. The second-order valence-electron chi connectivity index (χ2n) is 6.15. The van der Waals surface area contributed by atoms with Gasteiger partial charge < -0.3 is 10.1 Å². The second kappa shape index (κ2) is 7.33. The molecular weight excluding hydrogens is 392 g/mol. The Balaban J connectivity index is 1.56. The molecule has 0 unspecified atom stereocenters. The Kier molecular flexibility index (Phi) is 4.69. The zero-order valence-electron chi connectivity index (χ0n) is 15.2. The van der Waals surface area contributed by atoms with Gasteiger partial charge in [0.05, 0.1) is 28.8 Å². The number of hydrogen-bond donors (Lipinski definition) is 1. The van der Waals surface area contributed by atoms with Crippen LogP contribution in [0.2, 0.25) is 0 Å². The molecule has 2 aromatic carbocycles. The summed E-state index contributed by atoms with van der Waals surface area (Å²) in [6, 6.07) is 16.1. The largest absolute Gasteiger partial charge is 0.465 e. The van der Waals surface area contributed by atoms with Gasteiger partial charge >= 0.3 is 5.97 Å². The van der Waals surface area contributed by atoms with Gasteiger partial charge in [-0.3, -0.25) is 14.4 Å². The fourth-order valence-corrected chi connectivity index (χ4v) is 3.83. The van der Waals surface area contributed by atoms with Crippen molar-refractivity contribution in [3.05, 3.63) is 81.5 Å². The highest BCUT2D eigenvalue weighted by Gasteiger charge is 2.36. The lowest BCUT2D eigenvalue weighted by Gasteiger charge is -2.15. The van der Waals surface area contributed by atoms with E-state index in [2.05, 4.69) is 10.1 Å². The molecule has 7 nitrogen and oxygen atoms in total. The molecule has 0 saturated carbocycles. The molecule has 1 aromatic heterocycles. The van der Waals surface area contributed by atoms with E-state index in [1.165, 1.54) is 19.2 Å². The van der Waals surface area contributed by atoms with Gasteiger partial charge in [0.15, 0.2) is 0 Å². The first-order valence-electron chi connectivity index (χ1n) is 8.57. The molecule has 4 rings (SSSR count). The number of benzene rings is 2. The minimum absolute atomic E-state index is 0.317. The lowest BCUT2D eigenvalue weighted by Crippen LogP contribution is -2.29. The van der Waals surface area contributed by atoms with Crippen molar-refractivity contribution in [3.63, 3.8) is 0 Å². The van der Waals surface area contributed by atoms with Gasteiger partial charge in [0.25, 0.3) is 17.7 Å². The van der Waals surface area contributed by atoms with Crippen LogP contribution in [-0.2, 0) is 4.74 Å². The van der Waals surface area contributed by atoms with Gasteiger partial charge in [0.2, 0.25) is 0 Å². The SMILES string of the molecule is COC(=O)c1ccc(C(=O)Nc2cccc(N3C(=O)c4ccccc4C3=O)c2)s1. The lowest BCUT2D eigenvalue weighted by molar-refractivity contribution is 0.0606. The fraction of sp³-hybridized carbons (Fsp3) is 0.0476. The average Bonchev–Trinajstić information content (AvgIpc) is 3.32. The van der Waals surface area contributed by atoms with E-state index in [-0.39, 0.29) is 0 Å². The zero-order chi connectivity index (χ0) is 20.5. The predicted octanol–water partition coefficient (Wildman–Crippen LogP) is 3.59. The minimum atomic E-state index is -0.512. The van der Waals surface area contributed by atoms with Crippen molar-refractivity contribution < 1.29 is 23.9 Å². The highest BCUT2D eigenvalue weighted by atomic mass is 32.1. The number of hydrogen-bond acceptors (Lipinski definition) is 6. The van der Waals surface area contributed by atoms with Crippen molar-refractivity contribution in [1.82, 2.24) is 0 Å². The van der Waals surface area contributed by atoms with Gasteiger partial charge in [-0.1, -0.05) is 18.2 Å². The summed E-state index contributed by atoms with van der Waals surface area (Å²) in [5.74, 6) is -1.74. The summed E-state index contributed by atoms with van der Waals surface area (Å²) in [7, 11) is 1.27. The number of fused-ring (bicyclic) bond motifs is 1. The number of thiophene rings is 1. The van der Waals surface area contributed by atoms with E-state index in [4.69, 9.17) is 0 Å². The first-order chi connectivity index (χ1) is 14.0. The molecule has 144 valence electrons. The van der Waals surface area contributed by atoms with Crippen LogP contribution in [0, 0.1) is 0 Å². The number of amides is 3. The van der Waals surface area contributed by atoms with Crippen LogP contribution < -0.4 is 10.2 Å². The Morgan fingerprint density at radius 2 is 1.55 bits per heavy atom. The topological polar surface area (TPSA) is 92.8 Å². The molecule has 0 radical (unpaired) electrons. The number of methoxy groups -OCH3 is 1. The van der Waals surface area contributed by atoms with E-state index in [0.717, 1.165) is 16.2 Å². The molecule has 29 heavy (non-hydrogen) atoms. The molecule has 8 heteroatoms. The Hall–Kier alpha value is -3.78. The number of rotatable bonds is 4. The third kappa shape index (κ3) is 3.30. The second-order valence-corrected chi connectivity index (χ2v) is 7.24. The molecule has 3 amide bonds. The Morgan fingerprint density at radius 1 is 0.897 bits per heavy atom. The maximum absolute atomic E-state index is 12.6. The van der Waals surface area contributed by atoms with Crippen molar-refractivity contribution in [2.75, 3.05) is 17.3 Å². The summed E-state index contributed by atoms with van der Waals surface area (Å²) < 4.78 is 4.64. The van der Waals surface area contributed by atoms with Gasteiger partial charge in [-0.15, -0.1) is 11.3 Å². The number of carbonyl (C=O) groups excluding carboxylic acids is 4. The number of imide groups is 1. The molecule has 0 aliphatic carbocycles. The smallest absolute Gasteiger partial charge is 0.348 e. The van der Waals surface area contributed by atoms with Crippen molar-refractivity contribution >= 4 is 46.4 Å². The Bertz CT molecular complexity index is 1130. The highest BCUT2D eigenvalue weighted by molar-refractivity contribution is 7.16. The molecule has 3 aromatic rings. The molecule has 1 N–H and O–H groups in total. The summed E-state index contributed by atoms with van der Waals surface area (Å²) >= 11 is 1.01.